The number of anilines is 1. The number of hydrogen-bond donors (Lipinski definition) is 0. The summed E-state index contributed by atoms with van der Waals surface area (Å²) < 4.78 is 0.932. The lowest BCUT2D eigenvalue weighted by molar-refractivity contribution is 0.443. The lowest BCUT2D eigenvalue weighted by atomic mass is 9.99. The zero-order valence-corrected chi connectivity index (χ0v) is 11.5. The first-order valence-electron chi connectivity index (χ1n) is 5.08. The van der Waals surface area contributed by atoms with Crippen molar-refractivity contribution >= 4 is 37.8 Å². The lowest BCUT2D eigenvalue weighted by Crippen LogP contribution is -2.35. The summed E-state index contributed by atoms with van der Waals surface area (Å²) in [4.78, 5) is 10.9. The summed E-state index contributed by atoms with van der Waals surface area (Å²) in [5.41, 5.74) is 0. The molecule has 0 radical (unpaired) electrons. The first-order chi connectivity index (χ1) is 7.29. The summed E-state index contributed by atoms with van der Waals surface area (Å²) in [6.07, 6.45) is 6.06. The summed E-state index contributed by atoms with van der Waals surface area (Å²) in [6.45, 7) is 2.13. The van der Waals surface area contributed by atoms with E-state index in [1.54, 1.807) is 12.4 Å². The molecule has 0 bridgehead atoms. The molecule has 2 rings (SSSR count). The molecule has 0 aromatic carbocycles. The number of alkyl halides is 1. The van der Waals surface area contributed by atoms with Gasteiger partial charge in [0, 0.05) is 30.8 Å². The molecule has 0 amide bonds. The van der Waals surface area contributed by atoms with Crippen molar-refractivity contribution in [1.29, 1.82) is 0 Å². The molecule has 0 N–H and O–H groups in total. The van der Waals surface area contributed by atoms with Gasteiger partial charge in [0.25, 0.3) is 0 Å². The zero-order chi connectivity index (χ0) is 10.7. The van der Waals surface area contributed by atoms with Crippen LogP contribution in [0.1, 0.15) is 12.8 Å². The van der Waals surface area contributed by atoms with E-state index in [9.17, 15) is 0 Å². The Bertz CT molecular complexity index is 307. The molecule has 3 nitrogen and oxygen atoms in total. The number of aromatic nitrogens is 2. The van der Waals surface area contributed by atoms with E-state index >= 15 is 0 Å². The van der Waals surface area contributed by atoms with Crippen LogP contribution in [0.3, 0.4) is 0 Å². The van der Waals surface area contributed by atoms with Gasteiger partial charge in [-0.2, -0.15) is 0 Å². The first kappa shape index (κ1) is 11.3. The second-order valence-electron chi connectivity index (χ2n) is 3.79. The predicted octanol–water partition coefficient (Wildman–Crippen LogP) is 2.85. The average Bonchev–Trinajstić information content (AvgIpc) is 2.30. The topological polar surface area (TPSA) is 29.0 Å². The minimum atomic E-state index is 0.816. The molecule has 82 valence electrons. The number of hydrogen-bond acceptors (Lipinski definition) is 3. The van der Waals surface area contributed by atoms with E-state index in [1.807, 2.05) is 0 Å². The standard InChI is InChI=1S/C10H13Br2N3/c11-5-8-1-3-15(4-2-8)10-13-6-9(12)7-14-10/h6-8H,1-5H2. The maximum Gasteiger partial charge on any atom is 0.225 e. The summed E-state index contributed by atoms with van der Waals surface area (Å²) >= 11 is 6.88. The van der Waals surface area contributed by atoms with Gasteiger partial charge in [0.15, 0.2) is 0 Å². The molecule has 0 unspecified atom stereocenters. The highest BCUT2D eigenvalue weighted by Crippen LogP contribution is 2.22. The van der Waals surface area contributed by atoms with Crippen LogP contribution >= 0.6 is 31.9 Å². The molecule has 5 heteroatoms. The van der Waals surface area contributed by atoms with Gasteiger partial charge in [0.2, 0.25) is 5.95 Å². The van der Waals surface area contributed by atoms with Gasteiger partial charge in [0.1, 0.15) is 0 Å². The van der Waals surface area contributed by atoms with Crippen LogP contribution in [0.25, 0.3) is 0 Å². The summed E-state index contributed by atoms with van der Waals surface area (Å²) in [6, 6.07) is 0. The second kappa shape index (κ2) is 5.25. The van der Waals surface area contributed by atoms with Crippen LogP contribution in [-0.4, -0.2) is 28.4 Å². The molecule has 1 aromatic rings. The highest BCUT2D eigenvalue weighted by Gasteiger charge is 2.19. The largest absolute Gasteiger partial charge is 0.341 e. The molecular formula is C10H13Br2N3. The summed E-state index contributed by atoms with van der Waals surface area (Å²) in [5.74, 6) is 1.67. The number of rotatable bonds is 2. The van der Waals surface area contributed by atoms with Gasteiger partial charge in [-0.15, -0.1) is 0 Å². The Labute approximate surface area is 107 Å². The molecule has 1 aliphatic heterocycles. The lowest BCUT2D eigenvalue weighted by Gasteiger charge is -2.30. The first-order valence-corrected chi connectivity index (χ1v) is 6.99. The van der Waals surface area contributed by atoms with Crippen molar-refractivity contribution in [2.24, 2.45) is 5.92 Å². The van der Waals surface area contributed by atoms with Crippen LogP contribution in [-0.2, 0) is 0 Å². The van der Waals surface area contributed by atoms with Crippen LogP contribution in [0.4, 0.5) is 5.95 Å². The second-order valence-corrected chi connectivity index (χ2v) is 5.35. The van der Waals surface area contributed by atoms with E-state index in [1.165, 1.54) is 12.8 Å². The van der Waals surface area contributed by atoms with E-state index < -0.39 is 0 Å². The Morgan fingerprint density at radius 3 is 2.40 bits per heavy atom. The van der Waals surface area contributed by atoms with Crippen LogP contribution < -0.4 is 4.90 Å². The van der Waals surface area contributed by atoms with Gasteiger partial charge in [-0.1, -0.05) is 15.9 Å². The van der Waals surface area contributed by atoms with Gasteiger partial charge in [0.05, 0.1) is 4.47 Å². The fourth-order valence-corrected chi connectivity index (χ4v) is 2.61. The smallest absolute Gasteiger partial charge is 0.225 e. The van der Waals surface area contributed by atoms with Crippen molar-refractivity contribution in [2.75, 3.05) is 23.3 Å². The SMILES string of the molecule is BrCC1CCN(c2ncc(Br)cn2)CC1. The Morgan fingerprint density at radius 2 is 1.87 bits per heavy atom. The third-order valence-corrected chi connectivity index (χ3v) is 4.05. The predicted molar refractivity (Wildman–Crippen MR) is 68.5 cm³/mol. The van der Waals surface area contributed by atoms with E-state index in [0.29, 0.717) is 0 Å². The van der Waals surface area contributed by atoms with Crippen LogP contribution in [0.2, 0.25) is 0 Å². The molecule has 0 atom stereocenters. The maximum atomic E-state index is 4.31. The van der Waals surface area contributed by atoms with Crippen molar-refractivity contribution in [3.63, 3.8) is 0 Å². The molecule has 2 heterocycles. The van der Waals surface area contributed by atoms with Gasteiger partial charge < -0.3 is 4.90 Å². The molecule has 1 aliphatic rings. The fraction of sp³-hybridized carbons (Fsp3) is 0.600. The molecule has 1 saturated heterocycles. The minimum absolute atomic E-state index is 0.816. The maximum absolute atomic E-state index is 4.31. The van der Waals surface area contributed by atoms with Crippen LogP contribution in [0.5, 0.6) is 0 Å². The number of piperidine rings is 1. The van der Waals surface area contributed by atoms with Crippen molar-refractivity contribution in [3.8, 4) is 0 Å². The average molecular weight is 335 g/mol. The van der Waals surface area contributed by atoms with Gasteiger partial charge in [-0.05, 0) is 34.7 Å². The van der Waals surface area contributed by atoms with Gasteiger partial charge in [-0.3, -0.25) is 0 Å². The highest BCUT2D eigenvalue weighted by molar-refractivity contribution is 9.10. The molecule has 1 fully saturated rings. The monoisotopic (exact) mass is 333 g/mol. The van der Waals surface area contributed by atoms with Gasteiger partial charge >= 0.3 is 0 Å². The molecule has 1 aromatic heterocycles. The third kappa shape index (κ3) is 2.91. The van der Waals surface area contributed by atoms with Crippen LogP contribution in [0.15, 0.2) is 16.9 Å². The number of halogens is 2. The Morgan fingerprint density at radius 1 is 1.27 bits per heavy atom. The number of nitrogens with zero attached hydrogens (tertiary/aromatic N) is 3. The van der Waals surface area contributed by atoms with Crippen molar-refractivity contribution < 1.29 is 0 Å². The Balaban J connectivity index is 1.98. The summed E-state index contributed by atoms with van der Waals surface area (Å²) in [5, 5.41) is 1.11. The quantitative estimate of drug-likeness (QED) is 0.779. The van der Waals surface area contributed by atoms with Crippen LogP contribution in [0, 0.1) is 5.92 Å². The minimum Gasteiger partial charge on any atom is -0.341 e. The molecular weight excluding hydrogens is 322 g/mol. The molecule has 0 spiro atoms. The van der Waals surface area contributed by atoms with Crippen molar-refractivity contribution in [1.82, 2.24) is 9.97 Å². The van der Waals surface area contributed by atoms with Crippen molar-refractivity contribution in [3.05, 3.63) is 16.9 Å². The fourth-order valence-electron chi connectivity index (χ4n) is 1.76. The van der Waals surface area contributed by atoms with Gasteiger partial charge in [-0.25, -0.2) is 9.97 Å². The highest BCUT2D eigenvalue weighted by atomic mass is 79.9. The third-order valence-electron chi connectivity index (χ3n) is 2.72. The Kier molecular flexibility index (Phi) is 3.97. The van der Waals surface area contributed by atoms with E-state index in [4.69, 9.17) is 0 Å². The van der Waals surface area contributed by atoms with Crippen molar-refractivity contribution in [2.45, 2.75) is 12.8 Å². The normalized spacial score (nSPS) is 18.1. The molecule has 15 heavy (non-hydrogen) atoms. The van der Waals surface area contributed by atoms with E-state index in [2.05, 4.69) is 46.7 Å². The molecule has 0 saturated carbocycles. The van der Waals surface area contributed by atoms with E-state index in [-0.39, 0.29) is 0 Å². The zero-order valence-electron chi connectivity index (χ0n) is 8.37. The summed E-state index contributed by atoms with van der Waals surface area (Å²) in [7, 11) is 0. The molecule has 0 aliphatic carbocycles. The Hall–Kier alpha value is -0.160. The van der Waals surface area contributed by atoms with E-state index in [0.717, 1.165) is 34.8 Å².